The van der Waals surface area contributed by atoms with E-state index in [0.717, 1.165) is 0 Å². The molecule has 0 amide bonds. The first-order chi connectivity index (χ1) is 11.1. The molecular weight excluding hydrogens is 389 g/mol. The van der Waals surface area contributed by atoms with Crippen LogP contribution in [0.2, 0.25) is 23.3 Å². The third-order valence-electron chi connectivity index (χ3n) is 5.66. The Morgan fingerprint density at radius 1 is 0.375 bits per heavy atom. The van der Waals surface area contributed by atoms with Crippen LogP contribution in [0.15, 0.2) is 0 Å². The van der Waals surface area contributed by atoms with Crippen molar-refractivity contribution < 1.29 is 35.1 Å². The molecular formula is C12H12B2Cl2F8. The third kappa shape index (κ3) is 2.41. The van der Waals surface area contributed by atoms with Gasteiger partial charge in [0, 0.05) is 0 Å². The molecule has 3 fully saturated rings. The second-order valence-electron chi connectivity index (χ2n) is 6.75. The molecule has 2 saturated carbocycles. The molecule has 12 unspecified atom stereocenters. The van der Waals surface area contributed by atoms with E-state index in [1.165, 1.54) is 0 Å². The van der Waals surface area contributed by atoms with Gasteiger partial charge in [-0.05, 0) is 23.3 Å². The van der Waals surface area contributed by atoms with Crippen LogP contribution in [0.3, 0.4) is 0 Å². The zero-order valence-corrected chi connectivity index (χ0v) is 13.4. The van der Waals surface area contributed by atoms with Crippen molar-refractivity contribution in [2.24, 2.45) is 0 Å². The zero-order valence-electron chi connectivity index (χ0n) is 11.9. The van der Waals surface area contributed by atoms with Crippen LogP contribution < -0.4 is 0 Å². The van der Waals surface area contributed by atoms with Crippen molar-refractivity contribution in [2.75, 3.05) is 0 Å². The highest BCUT2D eigenvalue weighted by Crippen LogP contribution is 2.64. The molecule has 0 N–H and O–H groups in total. The number of hydrogen-bond donors (Lipinski definition) is 0. The number of rotatable bonds is 0. The van der Waals surface area contributed by atoms with E-state index >= 15 is 0 Å². The fourth-order valence-electron chi connectivity index (χ4n) is 4.47. The molecule has 0 aromatic heterocycles. The summed E-state index contributed by atoms with van der Waals surface area (Å²) >= 11 is 11.9. The number of hydrogen-bond acceptors (Lipinski definition) is 0. The Morgan fingerprint density at radius 3 is 0.708 bits per heavy atom. The van der Waals surface area contributed by atoms with Crippen LogP contribution in [-0.4, -0.2) is 61.6 Å². The molecule has 1 aliphatic heterocycles. The summed E-state index contributed by atoms with van der Waals surface area (Å²) < 4.78 is 111. The van der Waals surface area contributed by atoms with Gasteiger partial charge in [-0.2, -0.15) is 22.9 Å². The first-order valence-corrected chi connectivity index (χ1v) is 8.39. The van der Waals surface area contributed by atoms with Crippen LogP contribution in [0.5, 0.6) is 0 Å². The SMILES string of the molecule is FC1C(F)C(F)C2B(Cl)C3C(F)C(F)C(F)C(F)C3B(Cl)C2C1F. The van der Waals surface area contributed by atoms with E-state index in [4.69, 9.17) is 22.9 Å². The first-order valence-electron chi connectivity index (χ1n) is 7.52. The van der Waals surface area contributed by atoms with Crippen molar-refractivity contribution in [3.8, 4) is 0 Å². The smallest absolute Gasteiger partial charge is 0.245 e. The van der Waals surface area contributed by atoms with E-state index in [1.54, 1.807) is 0 Å². The fourth-order valence-corrected chi connectivity index (χ4v) is 5.69. The van der Waals surface area contributed by atoms with Crippen LogP contribution >= 0.6 is 22.9 Å². The van der Waals surface area contributed by atoms with Gasteiger partial charge in [0.2, 0.25) is 0 Å². The topological polar surface area (TPSA) is 0 Å². The Balaban J connectivity index is 2.03. The second kappa shape index (κ2) is 6.39. The Hall–Kier alpha value is 0.150. The van der Waals surface area contributed by atoms with Gasteiger partial charge in [-0.3, -0.25) is 0 Å². The van der Waals surface area contributed by atoms with Gasteiger partial charge in [0.1, 0.15) is 24.7 Å². The molecule has 3 aliphatic rings. The normalized spacial score (nSPS) is 58.2. The molecule has 0 radical (unpaired) electrons. The van der Waals surface area contributed by atoms with Gasteiger partial charge in [0.15, 0.2) is 24.7 Å². The maximum absolute atomic E-state index is 14.2. The van der Waals surface area contributed by atoms with Crippen molar-refractivity contribution in [1.82, 2.24) is 0 Å². The number of alkyl halides is 8. The lowest BCUT2D eigenvalue weighted by atomic mass is 9.23. The monoisotopic (exact) mass is 400 g/mol. The lowest BCUT2D eigenvalue weighted by Gasteiger charge is -2.54. The van der Waals surface area contributed by atoms with Crippen LogP contribution in [0, 0.1) is 0 Å². The minimum Gasteiger partial charge on any atom is -0.245 e. The van der Waals surface area contributed by atoms with Gasteiger partial charge in [0.05, 0.1) is 0 Å². The van der Waals surface area contributed by atoms with E-state index in [2.05, 4.69) is 0 Å². The van der Waals surface area contributed by atoms with E-state index in [1.807, 2.05) is 0 Å². The molecule has 0 bridgehead atoms. The molecule has 1 heterocycles. The van der Waals surface area contributed by atoms with Crippen molar-refractivity contribution in [3.63, 3.8) is 0 Å². The molecule has 12 heteroatoms. The maximum Gasteiger partial charge on any atom is 0.262 e. The molecule has 0 aromatic rings. The highest BCUT2D eigenvalue weighted by molar-refractivity contribution is 7.15. The summed E-state index contributed by atoms with van der Waals surface area (Å²) in [6, 6.07) is 0. The predicted molar refractivity (Wildman–Crippen MR) is 77.4 cm³/mol. The highest BCUT2D eigenvalue weighted by atomic mass is 35.5. The van der Waals surface area contributed by atoms with Gasteiger partial charge >= 0.3 is 0 Å². The fraction of sp³-hybridized carbons (Fsp3) is 1.00. The van der Waals surface area contributed by atoms with Crippen molar-refractivity contribution in [2.45, 2.75) is 72.6 Å². The van der Waals surface area contributed by atoms with E-state index in [0.29, 0.717) is 0 Å². The highest BCUT2D eigenvalue weighted by Gasteiger charge is 2.70. The second-order valence-corrected chi connectivity index (χ2v) is 7.76. The van der Waals surface area contributed by atoms with Crippen molar-refractivity contribution in [3.05, 3.63) is 0 Å². The predicted octanol–water partition coefficient (Wildman–Crippen LogP) is 4.67. The Kier molecular flexibility index (Phi) is 5.04. The quantitative estimate of drug-likeness (QED) is 0.409. The summed E-state index contributed by atoms with van der Waals surface area (Å²) in [5, 5.41) is 0. The van der Waals surface area contributed by atoms with Crippen LogP contribution in [-0.2, 0) is 0 Å². The molecule has 12 atom stereocenters. The lowest BCUT2D eigenvalue weighted by molar-refractivity contribution is -0.0252. The van der Waals surface area contributed by atoms with E-state index in [9.17, 15) is 35.1 Å². The Labute approximate surface area is 143 Å². The molecule has 0 aromatic carbocycles. The minimum absolute atomic E-state index is 1.74. The standard InChI is InChI=1S/C12H12B2Cl2F8/c15-13-1-2(6(18)10(22)9(21)5(1)17)14(16)4-3(13)7(19)11(23)12(24)8(4)20/h1-12H. The van der Waals surface area contributed by atoms with E-state index in [-0.39, 0.29) is 0 Å². The summed E-state index contributed by atoms with van der Waals surface area (Å²) in [5.41, 5.74) is 0. The molecule has 0 nitrogen and oxygen atoms in total. The van der Waals surface area contributed by atoms with Crippen LogP contribution in [0.25, 0.3) is 0 Å². The van der Waals surface area contributed by atoms with Gasteiger partial charge < -0.3 is 0 Å². The summed E-state index contributed by atoms with van der Waals surface area (Å²) in [5.74, 6) is -7.05. The molecule has 24 heavy (non-hydrogen) atoms. The molecule has 136 valence electrons. The maximum atomic E-state index is 14.2. The average molecular weight is 401 g/mol. The largest absolute Gasteiger partial charge is 0.262 e. The van der Waals surface area contributed by atoms with Crippen molar-refractivity contribution in [1.29, 1.82) is 0 Å². The molecule has 0 spiro atoms. The first kappa shape index (κ1) is 18.9. The van der Waals surface area contributed by atoms with Crippen molar-refractivity contribution >= 4 is 35.2 Å². The van der Waals surface area contributed by atoms with Gasteiger partial charge in [-0.15, -0.1) is 0 Å². The minimum atomic E-state index is -2.85. The summed E-state index contributed by atoms with van der Waals surface area (Å²) in [6.45, 7) is 0. The molecule has 3 rings (SSSR count). The Bertz CT molecular complexity index is 410. The van der Waals surface area contributed by atoms with Gasteiger partial charge in [-0.1, -0.05) is 0 Å². The summed E-state index contributed by atoms with van der Waals surface area (Å²) in [7, 11) is 0. The van der Waals surface area contributed by atoms with Crippen LogP contribution in [0.4, 0.5) is 35.1 Å². The lowest BCUT2D eigenvalue weighted by Crippen LogP contribution is -2.64. The van der Waals surface area contributed by atoms with Crippen LogP contribution in [0.1, 0.15) is 0 Å². The third-order valence-corrected chi connectivity index (χ3v) is 6.82. The Morgan fingerprint density at radius 2 is 0.542 bits per heavy atom. The molecule has 1 saturated heterocycles. The van der Waals surface area contributed by atoms with Gasteiger partial charge in [0.25, 0.3) is 12.3 Å². The summed E-state index contributed by atoms with van der Waals surface area (Å²) in [6.07, 6.45) is -25.3. The number of fused-ring (bicyclic) bond motifs is 2. The average Bonchev–Trinajstić information content (AvgIpc) is 2.55. The number of halogens is 10. The van der Waals surface area contributed by atoms with E-state index < -0.39 is 84.9 Å². The zero-order chi connectivity index (χ0) is 18.1. The van der Waals surface area contributed by atoms with Gasteiger partial charge in [-0.25, -0.2) is 35.1 Å². The molecule has 2 aliphatic carbocycles. The summed E-state index contributed by atoms with van der Waals surface area (Å²) in [4.78, 5) is 0.